The molecule has 1 aromatic carbocycles. The predicted molar refractivity (Wildman–Crippen MR) is 94.3 cm³/mol. The Bertz CT molecular complexity index is 1180. The Morgan fingerprint density at radius 2 is 2.00 bits per heavy atom. The summed E-state index contributed by atoms with van der Waals surface area (Å²) < 4.78 is 44.8. The van der Waals surface area contributed by atoms with Crippen LogP contribution in [0.2, 0.25) is 0 Å². The molecule has 1 amide bonds. The number of hydroxylamine groups is 1. The van der Waals surface area contributed by atoms with E-state index in [1.165, 1.54) is 19.2 Å². The summed E-state index contributed by atoms with van der Waals surface area (Å²) >= 11 is 1.10. The van der Waals surface area contributed by atoms with Crippen molar-refractivity contribution in [2.75, 3.05) is 7.11 Å². The van der Waals surface area contributed by atoms with Gasteiger partial charge in [-0.15, -0.1) is 0 Å². The Labute approximate surface area is 158 Å². The third-order valence-electron chi connectivity index (χ3n) is 3.94. The molecule has 3 aromatic rings. The van der Waals surface area contributed by atoms with Crippen molar-refractivity contribution in [3.8, 4) is 5.69 Å². The third-order valence-corrected chi connectivity index (χ3v) is 4.81. The second kappa shape index (κ2) is 7.20. The number of rotatable bonds is 4. The van der Waals surface area contributed by atoms with Crippen LogP contribution in [0, 0.1) is 0 Å². The van der Waals surface area contributed by atoms with Crippen LogP contribution in [0.25, 0.3) is 15.8 Å². The highest BCUT2D eigenvalue weighted by Crippen LogP contribution is 2.28. The number of alkyl halides is 3. The maximum Gasteiger partial charge on any atom is 0.431 e. The van der Waals surface area contributed by atoms with Gasteiger partial charge in [-0.1, -0.05) is 0 Å². The van der Waals surface area contributed by atoms with E-state index in [9.17, 15) is 27.6 Å². The fourth-order valence-corrected chi connectivity index (χ4v) is 3.46. The number of nitrogens with one attached hydrogen (secondary N) is 1. The second-order valence-electron chi connectivity index (χ2n) is 5.76. The Kier molecular flexibility index (Phi) is 5.08. The Morgan fingerprint density at radius 3 is 2.64 bits per heavy atom. The molecule has 3 rings (SSSR count). The molecule has 12 heteroatoms. The SMILES string of the molecule is CONC(=O)Cc1nsc2ccc(-n3c(=O)cc(C(F)(F)F)n(C)c3=O)cc12. The van der Waals surface area contributed by atoms with Crippen molar-refractivity contribution in [3.63, 3.8) is 0 Å². The van der Waals surface area contributed by atoms with Crippen LogP contribution >= 0.6 is 11.5 Å². The molecule has 2 aromatic heterocycles. The van der Waals surface area contributed by atoms with Gasteiger partial charge in [-0.25, -0.2) is 14.8 Å². The first-order chi connectivity index (χ1) is 13.1. The number of hydrogen-bond donors (Lipinski definition) is 1. The van der Waals surface area contributed by atoms with E-state index in [1.807, 2.05) is 0 Å². The zero-order valence-corrected chi connectivity index (χ0v) is 15.3. The maximum absolute atomic E-state index is 13.0. The van der Waals surface area contributed by atoms with Crippen LogP contribution in [0.1, 0.15) is 11.4 Å². The lowest BCUT2D eigenvalue weighted by Gasteiger charge is -2.14. The summed E-state index contributed by atoms with van der Waals surface area (Å²) in [4.78, 5) is 40.9. The minimum Gasteiger partial charge on any atom is -0.292 e. The van der Waals surface area contributed by atoms with Gasteiger partial charge in [0.1, 0.15) is 5.69 Å². The van der Waals surface area contributed by atoms with Crippen LogP contribution in [-0.2, 0) is 29.3 Å². The number of benzene rings is 1. The Hall–Kier alpha value is -2.99. The molecule has 0 spiro atoms. The minimum atomic E-state index is -4.84. The molecule has 0 saturated heterocycles. The molecule has 8 nitrogen and oxygen atoms in total. The number of carbonyl (C=O) groups excluding carboxylic acids is 1. The normalized spacial score (nSPS) is 11.8. The van der Waals surface area contributed by atoms with Gasteiger partial charge in [-0.3, -0.25) is 19.0 Å². The quantitative estimate of drug-likeness (QED) is 0.651. The van der Waals surface area contributed by atoms with E-state index in [1.54, 1.807) is 6.07 Å². The molecule has 0 bridgehead atoms. The van der Waals surface area contributed by atoms with Crippen LogP contribution in [0.5, 0.6) is 0 Å². The number of hydrogen-bond acceptors (Lipinski definition) is 6. The summed E-state index contributed by atoms with van der Waals surface area (Å²) in [5, 5.41) is 0.502. The van der Waals surface area contributed by atoms with E-state index in [-0.39, 0.29) is 12.1 Å². The van der Waals surface area contributed by atoms with Gasteiger partial charge in [0, 0.05) is 18.5 Å². The van der Waals surface area contributed by atoms with Gasteiger partial charge in [0.2, 0.25) is 5.91 Å². The first-order valence-corrected chi connectivity index (χ1v) is 8.51. The highest BCUT2D eigenvalue weighted by atomic mass is 32.1. The first kappa shape index (κ1) is 19.8. The van der Waals surface area contributed by atoms with Crippen molar-refractivity contribution in [1.82, 2.24) is 19.0 Å². The summed E-state index contributed by atoms with van der Waals surface area (Å²) in [6, 6.07) is 4.80. The van der Waals surface area contributed by atoms with Crippen molar-refractivity contribution in [2.45, 2.75) is 12.6 Å². The molecule has 0 aliphatic heterocycles. The largest absolute Gasteiger partial charge is 0.431 e. The van der Waals surface area contributed by atoms with E-state index in [4.69, 9.17) is 0 Å². The second-order valence-corrected chi connectivity index (χ2v) is 6.56. The van der Waals surface area contributed by atoms with E-state index >= 15 is 0 Å². The maximum atomic E-state index is 13.0. The molecule has 148 valence electrons. The molecule has 0 aliphatic rings. The fourth-order valence-electron chi connectivity index (χ4n) is 2.68. The first-order valence-electron chi connectivity index (χ1n) is 7.74. The topological polar surface area (TPSA) is 95.2 Å². The summed E-state index contributed by atoms with van der Waals surface area (Å²) in [7, 11) is 2.22. The summed E-state index contributed by atoms with van der Waals surface area (Å²) in [6.07, 6.45) is -4.95. The number of carbonyl (C=O) groups is 1. The van der Waals surface area contributed by atoms with Crippen LogP contribution in [0.3, 0.4) is 0 Å². The standard InChI is InChI=1S/C16H13F3N4O4S/c1-22-12(16(17,18)19)7-14(25)23(15(22)26)8-3-4-11-9(5-8)10(21-28-11)6-13(24)20-27-2/h3-5,7H,6H2,1-2H3,(H,20,24). The fraction of sp³-hybridized carbons (Fsp3) is 0.250. The minimum absolute atomic E-state index is 0.0698. The number of nitrogens with zero attached hydrogens (tertiary/aromatic N) is 3. The molecular weight excluding hydrogens is 401 g/mol. The smallest absolute Gasteiger partial charge is 0.292 e. The lowest BCUT2D eigenvalue weighted by atomic mass is 10.1. The number of halogens is 3. The third kappa shape index (κ3) is 3.55. The summed E-state index contributed by atoms with van der Waals surface area (Å²) in [5.74, 6) is -0.456. The monoisotopic (exact) mass is 414 g/mol. The van der Waals surface area contributed by atoms with Crippen molar-refractivity contribution in [2.24, 2.45) is 7.05 Å². The van der Waals surface area contributed by atoms with E-state index in [0.29, 0.717) is 31.0 Å². The lowest BCUT2D eigenvalue weighted by molar-refractivity contribution is -0.144. The molecule has 0 unspecified atom stereocenters. The molecule has 0 atom stereocenters. The lowest BCUT2D eigenvalue weighted by Crippen LogP contribution is -2.40. The molecule has 2 heterocycles. The van der Waals surface area contributed by atoms with Gasteiger partial charge >= 0.3 is 11.9 Å². The molecular formula is C16H13F3N4O4S. The van der Waals surface area contributed by atoms with Crippen molar-refractivity contribution in [3.05, 3.63) is 56.5 Å². The van der Waals surface area contributed by atoms with Crippen molar-refractivity contribution < 1.29 is 22.8 Å². The zero-order chi connectivity index (χ0) is 20.6. The van der Waals surface area contributed by atoms with Gasteiger partial charge in [0.15, 0.2) is 0 Å². The Morgan fingerprint density at radius 1 is 1.29 bits per heavy atom. The van der Waals surface area contributed by atoms with Gasteiger partial charge in [0.05, 0.1) is 29.6 Å². The Balaban J connectivity index is 2.15. The van der Waals surface area contributed by atoms with E-state index in [2.05, 4.69) is 14.7 Å². The highest BCUT2D eigenvalue weighted by Gasteiger charge is 2.35. The van der Waals surface area contributed by atoms with Crippen LogP contribution < -0.4 is 16.7 Å². The van der Waals surface area contributed by atoms with E-state index in [0.717, 1.165) is 18.6 Å². The molecule has 28 heavy (non-hydrogen) atoms. The van der Waals surface area contributed by atoms with Gasteiger partial charge in [-0.05, 0) is 29.7 Å². The van der Waals surface area contributed by atoms with Crippen LogP contribution in [0.15, 0.2) is 33.9 Å². The molecule has 0 aliphatic carbocycles. The molecule has 0 radical (unpaired) electrons. The molecule has 0 fully saturated rings. The number of aromatic nitrogens is 3. The highest BCUT2D eigenvalue weighted by molar-refractivity contribution is 7.13. The van der Waals surface area contributed by atoms with Crippen molar-refractivity contribution in [1.29, 1.82) is 0 Å². The zero-order valence-electron chi connectivity index (χ0n) is 14.5. The summed E-state index contributed by atoms with van der Waals surface area (Å²) in [6.45, 7) is 0. The molecule has 0 saturated carbocycles. The molecule has 1 N–H and O–H groups in total. The van der Waals surface area contributed by atoms with Gasteiger partial charge in [0.25, 0.3) is 5.56 Å². The van der Waals surface area contributed by atoms with Gasteiger partial charge in [-0.2, -0.15) is 17.5 Å². The number of amides is 1. The van der Waals surface area contributed by atoms with E-state index < -0.39 is 29.0 Å². The van der Waals surface area contributed by atoms with Crippen molar-refractivity contribution >= 4 is 27.5 Å². The predicted octanol–water partition coefficient (Wildman–Crippen LogP) is 1.38. The van der Waals surface area contributed by atoms with Crippen LogP contribution in [0.4, 0.5) is 13.2 Å². The van der Waals surface area contributed by atoms with Gasteiger partial charge < -0.3 is 0 Å². The summed E-state index contributed by atoms with van der Waals surface area (Å²) in [5.41, 5.74) is -0.987. The number of fused-ring (bicyclic) bond motifs is 1. The van der Waals surface area contributed by atoms with Crippen LogP contribution in [-0.4, -0.2) is 26.5 Å². The average Bonchev–Trinajstić information content (AvgIpc) is 3.00. The average molecular weight is 414 g/mol.